The standard InChI is InChI=1S/C14H30N2O/c1-13(2)12-16(10-5-8-15)9-3-6-14-7-4-11-17-14/h13-14H,3-12,15H2,1-2H3. The second-order valence-corrected chi connectivity index (χ2v) is 5.61. The van der Waals surface area contributed by atoms with Crippen molar-refractivity contribution in [1.82, 2.24) is 4.90 Å². The predicted octanol–water partition coefficient (Wildman–Crippen LogP) is 2.25. The molecule has 0 amide bonds. The van der Waals surface area contributed by atoms with Crippen molar-refractivity contribution in [2.24, 2.45) is 11.7 Å². The van der Waals surface area contributed by atoms with Gasteiger partial charge in [-0.25, -0.2) is 0 Å². The van der Waals surface area contributed by atoms with E-state index in [4.69, 9.17) is 10.5 Å². The lowest BCUT2D eigenvalue weighted by atomic mass is 10.1. The van der Waals surface area contributed by atoms with Gasteiger partial charge in [0, 0.05) is 13.2 Å². The average molecular weight is 242 g/mol. The molecule has 1 saturated heterocycles. The van der Waals surface area contributed by atoms with Crippen LogP contribution >= 0.6 is 0 Å². The predicted molar refractivity (Wildman–Crippen MR) is 73.2 cm³/mol. The fraction of sp³-hybridized carbons (Fsp3) is 1.00. The molecule has 0 saturated carbocycles. The summed E-state index contributed by atoms with van der Waals surface area (Å²) >= 11 is 0. The first-order valence-electron chi connectivity index (χ1n) is 7.26. The second kappa shape index (κ2) is 8.90. The van der Waals surface area contributed by atoms with Gasteiger partial charge in [0.05, 0.1) is 6.10 Å². The zero-order valence-electron chi connectivity index (χ0n) is 11.7. The van der Waals surface area contributed by atoms with Gasteiger partial charge in [-0.15, -0.1) is 0 Å². The molecule has 1 aliphatic rings. The molecule has 102 valence electrons. The summed E-state index contributed by atoms with van der Waals surface area (Å²) in [5, 5.41) is 0. The van der Waals surface area contributed by atoms with Crippen LogP contribution in [-0.4, -0.2) is 43.8 Å². The van der Waals surface area contributed by atoms with Gasteiger partial charge in [0.15, 0.2) is 0 Å². The first-order chi connectivity index (χ1) is 8.22. The molecule has 2 N–H and O–H groups in total. The molecule has 0 aromatic carbocycles. The third-order valence-electron chi connectivity index (χ3n) is 3.33. The molecule has 0 spiro atoms. The molecule has 3 heteroatoms. The van der Waals surface area contributed by atoms with Gasteiger partial charge in [-0.3, -0.25) is 0 Å². The van der Waals surface area contributed by atoms with Crippen LogP contribution in [0.1, 0.15) is 46.0 Å². The highest BCUT2D eigenvalue weighted by Gasteiger charge is 2.15. The lowest BCUT2D eigenvalue weighted by molar-refractivity contribution is 0.0980. The summed E-state index contributed by atoms with van der Waals surface area (Å²) < 4.78 is 5.66. The lowest BCUT2D eigenvalue weighted by Crippen LogP contribution is -2.31. The van der Waals surface area contributed by atoms with Crippen LogP contribution in [0.2, 0.25) is 0 Å². The van der Waals surface area contributed by atoms with Crippen molar-refractivity contribution in [2.45, 2.75) is 52.1 Å². The molecule has 17 heavy (non-hydrogen) atoms. The largest absolute Gasteiger partial charge is 0.378 e. The molecule has 1 unspecified atom stereocenters. The zero-order valence-corrected chi connectivity index (χ0v) is 11.7. The van der Waals surface area contributed by atoms with E-state index in [9.17, 15) is 0 Å². The van der Waals surface area contributed by atoms with E-state index in [1.807, 2.05) is 0 Å². The molecule has 0 radical (unpaired) electrons. The van der Waals surface area contributed by atoms with Crippen LogP contribution in [0.3, 0.4) is 0 Å². The van der Waals surface area contributed by atoms with Gasteiger partial charge in [-0.2, -0.15) is 0 Å². The number of ether oxygens (including phenoxy) is 1. The van der Waals surface area contributed by atoms with Crippen LogP contribution in [0.15, 0.2) is 0 Å². The highest BCUT2D eigenvalue weighted by molar-refractivity contribution is 4.67. The third-order valence-corrected chi connectivity index (χ3v) is 3.33. The first-order valence-corrected chi connectivity index (χ1v) is 7.26. The van der Waals surface area contributed by atoms with Crippen molar-refractivity contribution < 1.29 is 4.74 Å². The Morgan fingerprint density at radius 2 is 2.06 bits per heavy atom. The van der Waals surface area contributed by atoms with E-state index in [0.29, 0.717) is 6.10 Å². The van der Waals surface area contributed by atoms with Crippen LogP contribution in [0, 0.1) is 5.92 Å². The fourth-order valence-corrected chi connectivity index (χ4v) is 2.54. The van der Waals surface area contributed by atoms with Crippen LogP contribution in [0.5, 0.6) is 0 Å². The van der Waals surface area contributed by atoms with Gasteiger partial charge < -0.3 is 15.4 Å². The number of nitrogens with two attached hydrogens (primary N) is 1. The molecule has 3 nitrogen and oxygen atoms in total. The Labute approximate surface area is 107 Å². The van der Waals surface area contributed by atoms with Gasteiger partial charge in [-0.05, 0) is 57.7 Å². The summed E-state index contributed by atoms with van der Waals surface area (Å²) in [6.07, 6.45) is 6.69. The van der Waals surface area contributed by atoms with Crippen LogP contribution in [-0.2, 0) is 4.74 Å². The molecule has 1 atom stereocenters. The molecule has 1 fully saturated rings. The Bertz CT molecular complexity index is 179. The minimum atomic E-state index is 0.547. The maximum Gasteiger partial charge on any atom is 0.0576 e. The quantitative estimate of drug-likeness (QED) is 0.674. The van der Waals surface area contributed by atoms with Crippen LogP contribution in [0.4, 0.5) is 0 Å². The number of hydrogen-bond acceptors (Lipinski definition) is 3. The average Bonchev–Trinajstić information content (AvgIpc) is 2.78. The second-order valence-electron chi connectivity index (χ2n) is 5.61. The van der Waals surface area contributed by atoms with E-state index < -0.39 is 0 Å². The van der Waals surface area contributed by atoms with E-state index >= 15 is 0 Å². The Kier molecular flexibility index (Phi) is 7.82. The van der Waals surface area contributed by atoms with Gasteiger partial charge in [0.1, 0.15) is 0 Å². The number of rotatable bonds is 9. The summed E-state index contributed by atoms with van der Waals surface area (Å²) in [4.78, 5) is 2.56. The topological polar surface area (TPSA) is 38.5 Å². The van der Waals surface area contributed by atoms with Crippen molar-refractivity contribution in [2.75, 3.05) is 32.8 Å². The van der Waals surface area contributed by atoms with E-state index in [-0.39, 0.29) is 0 Å². The Hall–Kier alpha value is -0.120. The smallest absolute Gasteiger partial charge is 0.0576 e. The van der Waals surface area contributed by atoms with Crippen molar-refractivity contribution in [3.8, 4) is 0 Å². The van der Waals surface area contributed by atoms with E-state index in [0.717, 1.165) is 32.0 Å². The van der Waals surface area contributed by atoms with Crippen molar-refractivity contribution >= 4 is 0 Å². The maximum atomic E-state index is 5.66. The summed E-state index contributed by atoms with van der Waals surface area (Å²) in [6.45, 7) is 9.92. The van der Waals surface area contributed by atoms with Gasteiger partial charge >= 0.3 is 0 Å². The third kappa shape index (κ3) is 7.02. The Balaban J connectivity index is 2.12. The normalized spacial score (nSPS) is 20.6. The highest BCUT2D eigenvalue weighted by Crippen LogP contribution is 2.17. The Morgan fingerprint density at radius 1 is 1.29 bits per heavy atom. The minimum Gasteiger partial charge on any atom is -0.378 e. The fourth-order valence-electron chi connectivity index (χ4n) is 2.54. The molecule has 0 bridgehead atoms. The molecule has 1 aliphatic heterocycles. The molecular formula is C14H30N2O. The molecule has 0 aromatic heterocycles. The monoisotopic (exact) mass is 242 g/mol. The summed E-state index contributed by atoms with van der Waals surface area (Å²) in [5.74, 6) is 0.746. The van der Waals surface area contributed by atoms with Crippen LogP contribution < -0.4 is 5.73 Å². The molecule has 1 heterocycles. The van der Waals surface area contributed by atoms with Crippen molar-refractivity contribution in [3.05, 3.63) is 0 Å². The molecule has 0 aromatic rings. The van der Waals surface area contributed by atoms with E-state index in [2.05, 4.69) is 18.7 Å². The van der Waals surface area contributed by atoms with E-state index in [1.165, 1.54) is 38.8 Å². The number of hydrogen-bond donors (Lipinski definition) is 1. The van der Waals surface area contributed by atoms with Gasteiger partial charge in [-0.1, -0.05) is 13.8 Å². The maximum absolute atomic E-state index is 5.66. The van der Waals surface area contributed by atoms with Crippen molar-refractivity contribution in [1.29, 1.82) is 0 Å². The summed E-state index contributed by atoms with van der Waals surface area (Å²) in [7, 11) is 0. The van der Waals surface area contributed by atoms with Gasteiger partial charge in [0.2, 0.25) is 0 Å². The SMILES string of the molecule is CC(C)CN(CCCN)CCCC1CCCO1. The summed E-state index contributed by atoms with van der Waals surface area (Å²) in [6, 6.07) is 0. The zero-order chi connectivity index (χ0) is 12.5. The lowest BCUT2D eigenvalue weighted by Gasteiger charge is -2.24. The number of nitrogens with zero attached hydrogens (tertiary/aromatic N) is 1. The van der Waals surface area contributed by atoms with Crippen LogP contribution in [0.25, 0.3) is 0 Å². The molecular weight excluding hydrogens is 212 g/mol. The minimum absolute atomic E-state index is 0.547. The summed E-state index contributed by atoms with van der Waals surface area (Å²) in [5.41, 5.74) is 5.59. The highest BCUT2D eigenvalue weighted by atomic mass is 16.5. The molecule has 0 aliphatic carbocycles. The Morgan fingerprint density at radius 3 is 2.65 bits per heavy atom. The van der Waals surface area contributed by atoms with Gasteiger partial charge in [0.25, 0.3) is 0 Å². The first kappa shape index (κ1) is 14.9. The van der Waals surface area contributed by atoms with E-state index in [1.54, 1.807) is 0 Å². The van der Waals surface area contributed by atoms with Crippen molar-refractivity contribution in [3.63, 3.8) is 0 Å². The molecule has 1 rings (SSSR count).